The van der Waals surface area contributed by atoms with Crippen LogP contribution in [0.4, 0.5) is 0 Å². The fourth-order valence-electron chi connectivity index (χ4n) is 3.62. The number of guanidine groups is 1. The number of amides is 3. The number of hydrogen-bond donors (Lipinski definition) is 9. The number of aliphatic carboxylic acids is 1. The van der Waals surface area contributed by atoms with E-state index in [1.54, 1.807) is 0 Å². The lowest BCUT2D eigenvalue weighted by atomic mass is 10.1. The second-order valence-corrected chi connectivity index (χ2v) is 9.91. The summed E-state index contributed by atoms with van der Waals surface area (Å²) in [6, 6.07) is -4.37. The molecule has 4 atom stereocenters. The molecule has 2 heterocycles. The second kappa shape index (κ2) is 16.8. The molecule has 220 valence electrons. The van der Waals surface area contributed by atoms with Gasteiger partial charge in [0.2, 0.25) is 17.7 Å². The van der Waals surface area contributed by atoms with Crippen LogP contribution in [-0.2, 0) is 32.0 Å². The van der Waals surface area contributed by atoms with Crippen LogP contribution < -0.4 is 33.2 Å². The number of nitrogens with two attached hydrogens (primary N) is 3. The highest BCUT2D eigenvalue weighted by Crippen LogP contribution is 2.07. The topological polar surface area (TPSA) is 272 Å². The predicted octanol–water partition coefficient (Wildman–Crippen LogP) is -2.41. The molecular formula is C23H37N11O5S. The van der Waals surface area contributed by atoms with E-state index in [-0.39, 0.29) is 31.6 Å². The minimum Gasteiger partial charge on any atom is -0.480 e. The first-order valence-corrected chi connectivity index (χ1v) is 13.9. The highest BCUT2D eigenvalue weighted by Gasteiger charge is 2.31. The molecule has 0 bridgehead atoms. The number of thioether (sulfide) groups is 1. The summed E-state index contributed by atoms with van der Waals surface area (Å²) in [5, 5.41) is 17.3. The second-order valence-electron chi connectivity index (χ2n) is 8.92. The molecule has 12 N–H and O–H groups in total. The molecule has 0 saturated carbocycles. The maximum absolute atomic E-state index is 13.4. The summed E-state index contributed by atoms with van der Waals surface area (Å²) in [5.41, 5.74) is 17.7. The number of aromatic nitrogens is 4. The van der Waals surface area contributed by atoms with Crippen LogP contribution in [0.2, 0.25) is 0 Å². The van der Waals surface area contributed by atoms with Crippen molar-refractivity contribution in [1.82, 2.24) is 35.9 Å². The van der Waals surface area contributed by atoms with Gasteiger partial charge in [0, 0.05) is 43.2 Å². The van der Waals surface area contributed by atoms with E-state index in [1.807, 2.05) is 6.26 Å². The van der Waals surface area contributed by atoms with Gasteiger partial charge in [-0.1, -0.05) is 0 Å². The third kappa shape index (κ3) is 11.3. The maximum atomic E-state index is 13.4. The van der Waals surface area contributed by atoms with Crippen molar-refractivity contribution >= 4 is 41.4 Å². The molecule has 0 saturated heterocycles. The number of nitrogens with zero attached hydrogens (tertiary/aromatic N) is 3. The molecule has 2 aromatic heterocycles. The molecule has 0 aliphatic heterocycles. The molecule has 40 heavy (non-hydrogen) atoms. The monoisotopic (exact) mass is 579 g/mol. The van der Waals surface area contributed by atoms with Crippen LogP contribution in [0.1, 0.15) is 30.7 Å². The van der Waals surface area contributed by atoms with Gasteiger partial charge in [-0.25, -0.2) is 14.8 Å². The first-order chi connectivity index (χ1) is 19.1. The average Bonchev–Trinajstić information content (AvgIpc) is 3.62. The van der Waals surface area contributed by atoms with Gasteiger partial charge in [-0.05, 0) is 31.3 Å². The largest absolute Gasteiger partial charge is 0.480 e. The minimum absolute atomic E-state index is 0.00146. The number of aromatic amines is 2. The molecule has 0 aromatic carbocycles. The zero-order chi connectivity index (χ0) is 29.5. The molecule has 0 fully saturated rings. The van der Waals surface area contributed by atoms with Gasteiger partial charge < -0.3 is 48.2 Å². The molecule has 16 nitrogen and oxygen atoms in total. The van der Waals surface area contributed by atoms with Gasteiger partial charge in [0.1, 0.15) is 18.1 Å². The Balaban J connectivity index is 2.17. The number of carboxylic acid groups (broad SMARTS) is 1. The number of H-pyrrole nitrogens is 2. The standard InChI is InChI=1S/C23H37N11O5S/c1-40-6-4-16(22(38)39)32-20(36)18(8-14-10-28-12-31-14)34-21(37)17(7-13-9-27-11-30-13)33-19(35)15(24)3-2-5-29-23(25)26/h9-12,15-18H,2-8,24H2,1H3,(H,27,30)(H,28,31)(H,32,36)(H,33,35)(H,34,37)(H,38,39)(H4,25,26,29). The fraction of sp³-hybridized carbons (Fsp3) is 0.522. The van der Waals surface area contributed by atoms with Gasteiger partial charge in [-0.15, -0.1) is 0 Å². The van der Waals surface area contributed by atoms with E-state index < -0.39 is 47.9 Å². The highest BCUT2D eigenvalue weighted by atomic mass is 32.2. The zero-order valence-corrected chi connectivity index (χ0v) is 22.9. The highest BCUT2D eigenvalue weighted by molar-refractivity contribution is 7.98. The van der Waals surface area contributed by atoms with Crippen molar-refractivity contribution in [3.05, 3.63) is 36.4 Å². The maximum Gasteiger partial charge on any atom is 0.326 e. The number of aliphatic imine (C=N–C) groups is 1. The van der Waals surface area contributed by atoms with E-state index >= 15 is 0 Å². The molecule has 4 unspecified atom stereocenters. The summed E-state index contributed by atoms with van der Waals surface area (Å²) in [6.45, 7) is 0.292. The van der Waals surface area contributed by atoms with E-state index in [9.17, 15) is 24.3 Å². The summed E-state index contributed by atoms with van der Waals surface area (Å²) >= 11 is 1.44. The molecule has 0 radical (unpaired) electrons. The van der Waals surface area contributed by atoms with E-state index in [1.165, 1.54) is 36.8 Å². The van der Waals surface area contributed by atoms with Crippen LogP contribution in [0.25, 0.3) is 0 Å². The van der Waals surface area contributed by atoms with Crippen LogP contribution in [-0.4, -0.2) is 97.4 Å². The Labute approximate surface area is 235 Å². The summed E-state index contributed by atoms with van der Waals surface area (Å²) in [5.74, 6) is -2.69. The van der Waals surface area contributed by atoms with Crippen molar-refractivity contribution in [3.8, 4) is 0 Å². The third-order valence-electron chi connectivity index (χ3n) is 5.75. The molecular weight excluding hydrogens is 542 g/mol. The van der Waals surface area contributed by atoms with E-state index in [0.29, 0.717) is 30.1 Å². The smallest absolute Gasteiger partial charge is 0.326 e. The third-order valence-corrected chi connectivity index (χ3v) is 6.40. The Bertz CT molecular complexity index is 1110. The lowest BCUT2D eigenvalue weighted by Gasteiger charge is -2.25. The average molecular weight is 580 g/mol. The predicted molar refractivity (Wildman–Crippen MR) is 149 cm³/mol. The van der Waals surface area contributed by atoms with Crippen molar-refractivity contribution in [3.63, 3.8) is 0 Å². The number of carbonyl (C=O) groups excluding carboxylic acids is 3. The van der Waals surface area contributed by atoms with Gasteiger partial charge >= 0.3 is 5.97 Å². The number of carboxylic acids is 1. The van der Waals surface area contributed by atoms with Crippen LogP contribution in [0.3, 0.4) is 0 Å². The Hall–Kier alpha value is -4.12. The molecule has 17 heteroatoms. The SMILES string of the molecule is CSCCC(NC(=O)C(Cc1cnc[nH]1)NC(=O)C(Cc1cnc[nH]1)NC(=O)C(N)CCCN=C(N)N)C(=O)O. The zero-order valence-electron chi connectivity index (χ0n) is 22.1. The van der Waals surface area contributed by atoms with Crippen molar-refractivity contribution in [2.24, 2.45) is 22.2 Å². The summed E-state index contributed by atoms with van der Waals surface area (Å²) < 4.78 is 0. The van der Waals surface area contributed by atoms with E-state index in [4.69, 9.17) is 17.2 Å². The van der Waals surface area contributed by atoms with Crippen molar-refractivity contribution in [2.75, 3.05) is 18.6 Å². The van der Waals surface area contributed by atoms with Crippen molar-refractivity contribution in [2.45, 2.75) is 56.3 Å². The number of carbonyl (C=O) groups is 4. The number of rotatable bonds is 18. The molecule has 2 rings (SSSR count). The van der Waals surface area contributed by atoms with Gasteiger partial charge in [-0.2, -0.15) is 11.8 Å². The first-order valence-electron chi connectivity index (χ1n) is 12.5. The Morgan fingerprint density at radius 3 is 1.90 bits per heavy atom. The minimum atomic E-state index is -1.19. The van der Waals surface area contributed by atoms with Crippen LogP contribution in [0.15, 0.2) is 30.0 Å². The summed E-state index contributed by atoms with van der Waals surface area (Å²) in [6.07, 6.45) is 8.59. The summed E-state index contributed by atoms with van der Waals surface area (Å²) in [4.78, 5) is 68.6. The summed E-state index contributed by atoms with van der Waals surface area (Å²) in [7, 11) is 0. The number of hydrogen-bond acceptors (Lipinski definition) is 9. The lowest BCUT2D eigenvalue weighted by molar-refractivity contribution is -0.142. The first kappa shape index (κ1) is 32.1. The molecule has 0 aliphatic rings. The molecule has 3 amide bonds. The van der Waals surface area contributed by atoms with Gasteiger partial charge in [-0.3, -0.25) is 19.4 Å². The molecule has 0 spiro atoms. The Morgan fingerprint density at radius 1 is 0.925 bits per heavy atom. The Morgan fingerprint density at radius 2 is 1.45 bits per heavy atom. The van der Waals surface area contributed by atoms with Crippen LogP contribution >= 0.6 is 11.8 Å². The van der Waals surface area contributed by atoms with E-state index in [2.05, 4.69) is 40.9 Å². The number of imidazole rings is 2. The van der Waals surface area contributed by atoms with Gasteiger partial charge in [0.25, 0.3) is 0 Å². The Kier molecular flexibility index (Phi) is 13.4. The van der Waals surface area contributed by atoms with Crippen LogP contribution in [0, 0.1) is 0 Å². The van der Waals surface area contributed by atoms with Gasteiger partial charge in [0.15, 0.2) is 5.96 Å². The molecule has 0 aliphatic carbocycles. The normalized spacial score (nSPS) is 13.8. The number of nitrogens with one attached hydrogen (secondary N) is 5. The fourth-order valence-corrected chi connectivity index (χ4v) is 4.09. The van der Waals surface area contributed by atoms with Crippen molar-refractivity contribution in [1.29, 1.82) is 0 Å². The molecule has 2 aromatic rings. The van der Waals surface area contributed by atoms with E-state index in [0.717, 1.165) is 0 Å². The van der Waals surface area contributed by atoms with Crippen molar-refractivity contribution < 1.29 is 24.3 Å². The van der Waals surface area contributed by atoms with Gasteiger partial charge in [0.05, 0.1) is 18.7 Å². The van der Waals surface area contributed by atoms with Crippen LogP contribution in [0.5, 0.6) is 0 Å². The lowest BCUT2D eigenvalue weighted by Crippen LogP contribution is -2.58. The quantitative estimate of drug-likeness (QED) is 0.0509.